The highest BCUT2D eigenvalue weighted by Gasteiger charge is 2.52. The lowest BCUT2D eigenvalue weighted by Crippen LogP contribution is -2.58. The lowest BCUT2D eigenvalue weighted by Gasteiger charge is -2.40. The van der Waals surface area contributed by atoms with Crippen molar-refractivity contribution in [3.8, 4) is 5.69 Å². The molecule has 9 heteroatoms. The highest BCUT2D eigenvalue weighted by atomic mass is 19.1. The number of aromatic nitrogens is 2. The molecule has 34 heavy (non-hydrogen) atoms. The van der Waals surface area contributed by atoms with Gasteiger partial charge >= 0.3 is 6.03 Å². The van der Waals surface area contributed by atoms with Gasteiger partial charge in [0, 0.05) is 37.5 Å². The Balaban J connectivity index is 1.33. The normalized spacial score (nSPS) is 20.8. The van der Waals surface area contributed by atoms with Crippen LogP contribution in [-0.2, 0) is 11.2 Å². The van der Waals surface area contributed by atoms with E-state index in [-0.39, 0.29) is 18.2 Å². The van der Waals surface area contributed by atoms with E-state index in [2.05, 4.69) is 15.7 Å². The average Bonchev–Trinajstić information content (AvgIpc) is 3.49. The number of halogens is 1. The van der Waals surface area contributed by atoms with E-state index < -0.39 is 23.3 Å². The molecular formula is C25H24FN5O3. The summed E-state index contributed by atoms with van der Waals surface area (Å²) in [4.78, 5) is 39.9. The van der Waals surface area contributed by atoms with Crippen LogP contribution >= 0.6 is 0 Å². The Morgan fingerprint density at radius 3 is 2.56 bits per heavy atom. The molecule has 8 nitrogen and oxygen atoms in total. The van der Waals surface area contributed by atoms with Crippen molar-refractivity contribution in [2.24, 2.45) is 5.92 Å². The molecule has 2 fully saturated rings. The minimum atomic E-state index is -1.24. The van der Waals surface area contributed by atoms with Gasteiger partial charge in [-0.3, -0.25) is 14.9 Å². The summed E-state index contributed by atoms with van der Waals surface area (Å²) < 4.78 is 16.1. The van der Waals surface area contributed by atoms with Crippen molar-refractivity contribution in [3.05, 3.63) is 83.9 Å². The number of nitrogens with one attached hydrogen (secondary N) is 2. The van der Waals surface area contributed by atoms with E-state index in [0.717, 1.165) is 5.69 Å². The van der Waals surface area contributed by atoms with Crippen molar-refractivity contribution in [3.63, 3.8) is 0 Å². The van der Waals surface area contributed by atoms with Gasteiger partial charge in [0.05, 0.1) is 5.69 Å². The molecular weight excluding hydrogens is 437 g/mol. The van der Waals surface area contributed by atoms with Crippen LogP contribution in [0.15, 0.2) is 67.0 Å². The van der Waals surface area contributed by atoms with Crippen molar-refractivity contribution in [2.45, 2.75) is 24.8 Å². The summed E-state index contributed by atoms with van der Waals surface area (Å²) in [7, 11) is 0. The van der Waals surface area contributed by atoms with E-state index in [1.165, 1.54) is 6.07 Å². The summed E-state index contributed by atoms with van der Waals surface area (Å²) in [5.74, 6) is -1.20. The quantitative estimate of drug-likeness (QED) is 0.571. The first-order valence-electron chi connectivity index (χ1n) is 11.2. The molecule has 2 aromatic carbocycles. The summed E-state index contributed by atoms with van der Waals surface area (Å²) in [6.07, 6.45) is 4.56. The van der Waals surface area contributed by atoms with Gasteiger partial charge in [0.2, 0.25) is 0 Å². The molecule has 2 aliphatic rings. The Morgan fingerprint density at radius 1 is 1.09 bits per heavy atom. The van der Waals surface area contributed by atoms with Crippen LogP contribution in [0.2, 0.25) is 0 Å². The fourth-order valence-electron chi connectivity index (χ4n) is 4.96. The van der Waals surface area contributed by atoms with Crippen LogP contribution in [0, 0.1) is 11.7 Å². The maximum absolute atomic E-state index is 14.4. The summed E-state index contributed by atoms with van der Waals surface area (Å²) in [6.45, 7) is 0.856. The zero-order chi connectivity index (χ0) is 23.7. The van der Waals surface area contributed by atoms with Crippen LogP contribution in [0.4, 0.5) is 9.18 Å². The summed E-state index contributed by atoms with van der Waals surface area (Å²) >= 11 is 0. The van der Waals surface area contributed by atoms with Gasteiger partial charge in [-0.25, -0.2) is 13.9 Å². The Hall–Kier alpha value is -4.01. The fraction of sp³-hybridized carbons (Fsp3) is 0.280. The molecule has 0 saturated carbocycles. The van der Waals surface area contributed by atoms with Crippen LogP contribution in [0.1, 0.15) is 28.8 Å². The number of urea groups is 1. The molecule has 4 amide bonds. The third kappa shape index (κ3) is 3.93. The van der Waals surface area contributed by atoms with Gasteiger partial charge in [0.1, 0.15) is 11.4 Å². The molecule has 0 bridgehead atoms. The first kappa shape index (κ1) is 21.8. The van der Waals surface area contributed by atoms with Crippen LogP contribution < -0.4 is 10.6 Å². The predicted molar refractivity (Wildman–Crippen MR) is 122 cm³/mol. The first-order chi connectivity index (χ1) is 16.5. The van der Waals surface area contributed by atoms with E-state index in [1.54, 1.807) is 46.1 Å². The molecule has 3 aromatic rings. The number of rotatable bonds is 5. The van der Waals surface area contributed by atoms with Crippen molar-refractivity contribution in [2.75, 3.05) is 13.1 Å². The maximum atomic E-state index is 14.4. The summed E-state index contributed by atoms with van der Waals surface area (Å²) in [5, 5.41) is 9.31. The second-order valence-corrected chi connectivity index (χ2v) is 8.72. The first-order valence-corrected chi connectivity index (χ1v) is 11.2. The highest BCUT2D eigenvalue weighted by molar-refractivity contribution is 6.07. The largest absolute Gasteiger partial charge is 0.339 e. The molecule has 2 N–H and O–H groups in total. The predicted octanol–water partition coefficient (Wildman–Crippen LogP) is 2.68. The molecule has 3 heterocycles. The molecule has 2 aliphatic heterocycles. The number of nitrogens with zero attached hydrogens (tertiary/aromatic N) is 3. The molecule has 2 saturated heterocycles. The highest BCUT2D eigenvalue weighted by Crippen LogP contribution is 2.35. The third-order valence-electron chi connectivity index (χ3n) is 6.74. The number of benzene rings is 2. The number of piperidine rings is 1. The van der Waals surface area contributed by atoms with Crippen molar-refractivity contribution < 1.29 is 18.8 Å². The molecule has 1 atom stereocenters. The molecule has 0 unspecified atom stereocenters. The van der Waals surface area contributed by atoms with Gasteiger partial charge < -0.3 is 10.2 Å². The molecule has 174 valence electrons. The van der Waals surface area contributed by atoms with Crippen LogP contribution in [0.3, 0.4) is 0 Å². The SMILES string of the molecule is O=C1NC(=O)[C@](Cc2ccccc2F)(C2CCN(C(=O)c3cccc(-n4cccn4)c3)CC2)N1. The van der Waals surface area contributed by atoms with E-state index in [1.807, 2.05) is 24.4 Å². The Labute approximate surface area is 195 Å². The summed E-state index contributed by atoms with van der Waals surface area (Å²) in [6, 6.07) is 14.8. The second kappa shape index (κ2) is 8.74. The second-order valence-electron chi connectivity index (χ2n) is 8.72. The molecule has 0 radical (unpaired) electrons. The van der Waals surface area contributed by atoms with E-state index in [0.29, 0.717) is 37.1 Å². The lowest BCUT2D eigenvalue weighted by atomic mass is 9.74. The summed E-state index contributed by atoms with van der Waals surface area (Å²) in [5.41, 5.74) is 0.474. The van der Waals surface area contributed by atoms with Gasteiger partial charge in [-0.2, -0.15) is 5.10 Å². The van der Waals surface area contributed by atoms with Gasteiger partial charge in [0.15, 0.2) is 0 Å². The van der Waals surface area contributed by atoms with Crippen molar-refractivity contribution in [1.29, 1.82) is 0 Å². The van der Waals surface area contributed by atoms with E-state index in [9.17, 15) is 18.8 Å². The molecule has 1 aromatic heterocycles. The van der Waals surface area contributed by atoms with Crippen LogP contribution in [-0.4, -0.2) is 51.2 Å². The molecule has 0 spiro atoms. The zero-order valence-electron chi connectivity index (χ0n) is 18.4. The minimum absolute atomic E-state index is 0.0573. The Bertz CT molecular complexity index is 1240. The zero-order valence-corrected chi connectivity index (χ0v) is 18.4. The average molecular weight is 461 g/mol. The third-order valence-corrected chi connectivity index (χ3v) is 6.74. The van der Waals surface area contributed by atoms with Gasteiger partial charge in [-0.1, -0.05) is 24.3 Å². The minimum Gasteiger partial charge on any atom is -0.339 e. The smallest absolute Gasteiger partial charge is 0.322 e. The van der Waals surface area contributed by atoms with Crippen LogP contribution in [0.25, 0.3) is 5.69 Å². The number of likely N-dealkylation sites (tertiary alicyclic amines) is 1. The number of hydrogen-bond acceptors (Lipinski definition) is 4. The Kier molecular flexibility index (Phi) is 5.61. The molecule has 0 aliphatic carbocycles. The monoisotopic (exact) mass is 461 g/mol. The number of hydrogen-bond donors (Lipinski definition) is 2. The fourth-order valence-corrected chi connectivity index (χ4v) is 4.96. The van der Waals surface area contributed by atoms with Crippen molar-refractivity contribution in [1.82, 2.24) is 25.3 Å². The van der Waals surface area contributed by atoms with Crippen molar-refractivity contribution >= 4 is 17.8 Å². The maximum Gasteiger partial charge on any atom is 0.322 e. The van der Waals surface area contributed by atoms with Gasteiger partial charge in [-0.15, -0.1) is 0 Å². The number of imide groups is 1. The van der Waals surface area contributed by atoms with Gasteiger partial charge in [0.25, 0.3) is 11.8 Å². The topological polar surface area (TPSA) is 96.3 Å². The number of amides is 4. The van der Waals surface area contributed by atoms with Crippen LogP contribution in [0.5, 0.6) is 0 Å². The number of carbonyl (C=O) groups excluding carboxylic acids is 3. The number of carbonyl (C=O) groups is 3. The standard InChI is InChI=1S/C25H24FN5O3/c26-21-8-2-1-5-18(21)16-25(23(33)28-24(34)29-25)19-9-13-30(14-10-19)22(32)17-6-3-7-20(15-17)31-12-4-11-27-31/h1-8,11-12,15,19H,9-10,13-14,16H2,(H2,28,29,33,34)/t25-/m0/s1. The Morgan fingerprint density at radius 2 is 1.88 bits per heavy atom. The van der Waals surface area contributed by atoms with E-state index >= 15 is 0 Å². The lowest BCUT2D eigenvalue weighted by molar-refractivity contribution is -0.126. The van der Waals surface area contributed by atoms with E-state index in [4.69, 9.17) is 0 Å². The molecule has 5 rings (SSSR count). The van der Waals surface area contributed by atoms with Gasteiger partial charge in [-0.05, 0) is 54.7 Å².